The Morgan fingerprint density at radius 3 is 2.72 bits per heavy atom. The molecule has 0 aromatic heterocycles. The van der Waals surface area contributed by atoms with Crippen molar-refractivity contribution in [2.24, 2.45) is 0 Å². The number of benzene rings is 1. The number of imide groups is 1. The summed E-state index contributed by atoms with van der Waals surface area (Å²) >= 11 is 0. The van der Waals surface area contributed by atoms with Crippen LogP contribution in [0.15, 0.2) is 18.2 Å². The van der Waals surface area contributed by atoms with E-state index in [-0.39, 0.29) is 24.4 Å². The number of carbonyl (C=O) groups excluding carboxylic acids is 2. The second-order valence-electron chi connectivity index (χ2n) is 4.06. The third kappa shape index (κ3) is 2.17. The van der Waals surface area contributed by atoms with Crippen molar-refractivity contribution in [3.63, 3.8) is 0 Å². The zero-order valence-corrected chi connectivity index (χ0v) is 9.77. The van der Waals surface area contributed by atoms with Crippen LogP contribution in [0.2, 0.25) is 0 Å². The van der Waals surface area contributed by atoms with E-state index >= 15 is 0 Å². The molecular weight excluding hydrogens is 236 g/mol. The van der Waals surface area contributed by atoms with Crippen LogP contribution >= 0.6 is 0 Å². The number of hydrogen-bond acceptors (Lipinski definition) is 3. The Balaban J connectivity index is 2.34. The van der Waals surface area contributed by atoms with E-state index in [4.69, 9.17) is 5.11 Å². The highest BCUT2D eigenvalue weighted by Crippen LogP contribution is 2.21. The molecule has 18 heavy (non-hydrogen) atoms. The number of carboxylic acid groups (broad SMARTS) is 1. The molecule has 0 radical (unpaired) electrons. The second kappa shape index (κ2) is 4.48. The molecular formula is C12H12N2O4. The number of hydrogen-bond donors (Lipinski definition) is 2. The lowest BCUT2D eigenvalue weighted by Crippen LogP contribution is -2.49. The van der Waals surface area contributed by atoms with Gasteiger partial charge in [-0.05, 0) is 24.6 Å². The Morgan fingerprint density at radius 1 is 1.39 bits per heavy atom. The minimum Gasteiger partial charge on any atom is -0.478 e. The standard InChI is InChI=1S/C12H12N2O4/c1-7-2-3-8(6-9(7)11(16)17)14-5-4-10(15)13-12(14)18/h2-3,6H,4-5H2,1H3,(H,16,17)(H,13,15,18). The summed E-state index contributed by atoms with van der Waals surface area (Å²) < 4.78 is 0. The minimum atomic E-state index is -1.04. The summed E-state index contributed by atoms with van der Waals surface area (Å²) in [4.78, 5) is 35.0. The van der Waals surface area contributed by atoms with Gasteiger partial charge in [0.2, 0.25) is 5.91 Å². The number of carbonyl (C=O) groups is 3. The van der Waals surface area contributed by atoms with E-state index in [1.54, 1.807) is 19.1 Å². The van der Waals surface area contributed by atoms with Crippen molar-refractivity contribution < 1.29 is 19.5 Å². The number of amides is 3. The Kier molecular flexibility index (Phi) is 3.01. The largest absolute Gasteiger partial charge is 0.478 e. The number of rotatable bonds is 2. The molecule has 1 aliphatic heterocycles. The highest BCUT2D eigenvalue weighted by Gasteiger charge is 2.24. The molecule has 1 aromatic carbocycles. The smallest absolute Gasteiger partial charge is 0.336 e. The van der Waals surface area contributed by atoms with Crippen molar-refractivity contribution in [2.75, 3.05) is 11.4 Å². The Labute approximate surface area is 103 Å². The van der Waals surface area contributed by atoms with Gasteiger partial charge in [0.15, 0.2) is 0 Å². The lowest BCUT2D eigenvalue weighted by atomic mass is 10.1. The van der Waals surface area contributed by atoms with Crippen molar-refractivity contribution in [1.29, 1.82) is 0 Å². The van der Waals surface area contributed by atoms with Gasteiger partial charge in [0, 0.05) is 18.7 Å². The zero-order chi connectivity index (χ0) is 13.3. The van der Waals surface area contributed by atoms with Crippen LogP contribution in [-0.2, 0) is 4.79 Å². The molecule has 3 amide bonds. The summed E-state index contributed by atoms with van der Waals surface area (Å²) in [6.45, 7) is 1.94. The van der Waals surface area contributed by atoms with Crippen molar-refractivity contribution in [3.8, 4) is 0 Å². The van der Waals surface area contributed by atoms with Gasteiger partial charge in [-0.3, -0.25) is 15.0 Å². The molecule has 2 N–H and O–H groups in total. The molecule has 1 aromatic rings. The third-order valence-electron chi connectivity index (χ3n) is 2.82. The molecule has 6 nitrogen and oxygen atoms in total. The average Bonchev–Trinajstić information content (AvgIpc) is 2.30. The lowest BCUT2D eigenvalue weighted by Gasteiger charge is -2.26. The molecule has 0 atom stereocenters. The van der Waals surface area contributed by atoms with Crippen LogP contribution in [-0.4, -0.2) is 29.6 Å². The zero-order valence-electron chi connectivity index (χ0n) is 9.77. The first-order valence-corrected chi connectivity index (χ1v) is 5.44. The summed E-state index contributed by atoms with van der Waals surface area (Å²) in [6.07, 6.45) is 0.210. The van der Waals surface area contributed by atoms with Crippen molar-refractivity contribution in [3.05, 3.63) is 29.3 Å². The van der Waals surface area contributed by atoms with E-state index in [1.165, 1.54) is 11.0 Å². The van der Waals surface area contributed by atoms with Gasteiger partial charge >= 0.3 is 12.0 Å². The maximum absolute atomic E-state index is 11.6. The number of aromatic carboxylic acids is 1. The highest BCUT2D eigenvalue weighted by molar-refractivity contribution is 6.06. The van der Waals surface area contributed by atoms with E-state index in [0.29, 0.717) is 11.3 Å². The molecule has 0 bridgehead atoms. The van der Waals surface area contributed by atoms with Crippen LogP contribution in [0.3, 0.4) is 0 Å². The predicted octanol–water partition coefficient (Wildman–Crippen LogP) is 1.14. The van der Waals surface area contributed by atoms with Gasteiger partial charge in [-0.15, -0.1) is 0 Å². The van der Waals surface area contributed by atoms with Crippen LogP contribution in [0.5, 0.6) is 0 Å². The van der Waals surface area contributed by atoms with Gasteiger partial charge in [0.1, 0.15) is 0 Å². The van der Waals surface area contributed by atoms with E-state index in [9.17, 15) is 14.4 Å². The molecule has 1 heterocycles. The SMILES string of the molecule is Cc1ccc(N2CCC(=O)NC2=O)cc1C(=O)O. The van der Waals surface area contributed by atoms with E-state index in [0.717, 1.165) is 0 Å². The number of nitrogens with one attached hydrogen (secondary N) is 1. The molecule has 1 aliphatic rings. The van der Waals surface area contributed by atoms with Crippen LogP contribution in [0.1, 0.15) is 22.3 Å². The van der Waals surface area contributed by atoms with E-state index in [1.807, 2.05) is 0 Å². The number of carboxylic acids is 1. The van der Waals surface area contributed by atoms with Gasteiger partial charge in [-0.1, -0.05) is 6.07 Å². The highest BCUT2D eigenvalue weighted by atomic mass is 16.4. The van der Waals surface area contributed by atoms with Crippen molar-refractivity contribution in [2.45, 2.75) is 13.3 Å². The van der Waals surface area contributed by atoms with Gasteiger partial charge in [0.25, 0.3) is 0 Å². The molecule has 94 valence electrons. The molecule has 0 saturated carbocycles. The first kappa shape index (κ1) is 12.1. The predicted molar refractivity (Wildman–Crippen MR) is 63.6 cm³/mol. The average molecular weight is 248 g/mol. The summed E-state index contributed by atoms with van der Waals surface area (Å²) in [5.41, 5.74) is 1.25. The number of urea groups is 1. The summed E-state index contributed by atoms with van der Waals surface area (Å²) in [6, 6.07) is 4.22. The lowest BCUT2D eigenvalue weighted by molar-refractivity contribution is -0.120. The van der Waals surface area contributed by atoms with Crippen LogP contribution in [0, 0.1) is 6.92 Å². The van der Waals surface area contributed by atoms with Crippen molar-refractivity contribution >= 4 is 23.6 Å². The molecule has 0 spiro atoms. The van der Waals surface area contributed by atoms with Gasteiger partial charge in [0.05, 0.1) is 5.56 Å². The number of nitrogens with zero attached hydrogens (tertiary/aromatic N) is 1. The molecule has 1 fully saturated rings. The quantitative estimate of drug-likeness (QED) is 0.821. The summed E-state index contributed by atoms with van der Waals surface area (Å²) in [5, 5.41) is 11.2. The molecule has 2 rings (SSSR count). The fourth-order valence-electron chi connectivity index (χ4n) is 1.82. The van der Waals surface area contributed by atoms with Gasteiger partial charge < -0.3 is 5.11 Å². The summed E-state index contributed by atoms with van der Waals surface area (Å²) in [5.74, 6) is -1.36. The van der Waals surface area contributed by atoms with E-state index < -0.39 is 12.0 Å². The monoisotopic (exact) mass is 248 g/mol. The molecule has 0 unspecified atom stereocenters. The van der Waals surface area contributed by atoms with E-state index in [2.05, 4.69) is 5.32 Å². The first-order valence-electron chi connectivity index (χ1n) is 5.44. The van der Waals surface area contributed by atoms with Crippen LogP contribution < -0.4 is 10.2 Å². The maximum Gasteiger partial charge on any atom is 0.336 e. The molecule has 1 saturated heterocycles. The Hall–Kier alpha value is -2.37. The number of aryl methyl sites for hydroxylation is 1. The van der Waals surface area contributed by atoms with Gasteiger partial charge in [-0.25, -0.2) is 9.59 Å². The number of anilines is 1. The first-order chi connectivity index (χ1) is 8.49. The maximum atomic E-state index is 11.6. The second-order valence-corrected chi connectivity index (χ2v) is 4.06. The fraction of sp³-hybridized carbons (Fsp3) is 0.250. The minimum absolute atomic E-state index is 0.150. The summed E-state index contributed by atoms with van der Waals surface area (Å²) in [7, 11) is 0. The normalized spacial score (nSPS) is 15.5. The van der Waals surface area contributed by atoms with Gasteiger partial charge in [-0.2, -0.15) is 0 Å². The topological polar surface area (TPSA) is 86.7 Å². The van der Waals surface area contributed by atoms with Crippen LogP contribution in [0.4, 0.5) is 10.5 Å². The fourth-order valence-corrected chi connectivity index (χ4v) is 1.82. The molecule has 0 aliphatic carbocycles. The Morgan fingerprint density at radius 2 is 2.11 bits per heavy atom. The van der Waals surface area contributed by atoms with Crippen LogP contribution in [0.25, 0.3) is 0 Å². The Bertz CT molecular complexity index is 539. The molecule has 6 heteroatoms. The van der Waals surface area contributed by atoms with Crippen molar-refractivity contribution in [1.82, 2.24) is 5.32 Å². The third-order valence-corrected chi connectivity index (χ3v) is 2.82.